The van der Waals surface area contributed by atoms with Gasteiger partial charge in [0.1, 0.15) is 0 Å². The maximum Gasteiger partial charge on any atom is 0.254 e. The summed E-state index contributed by atoms with van der Waals surface area (Å²) in [6.45, 7) is 9.96. The van der Waals surface area contributed by atoms with Crippen LogP contribution in [0.3, 0.4) is 0 Å². The molecule has 4 rings (SSSR count). The van der Waals surface area contributed by atoms with Gasteiger partial charge in [0.25, 0.3) is 5.91 Å². The van der Waals surface area contributed by atoms with Crippen LogP contribution in [0.5, 0.6) is 17.2 Å². The molecule has 0 aliphatic carbocycles. The highest BCUT2D eigenvalue weighted by molar-refractivity contribution is 6.07. The van der Waals surface area contributed by atoms with Crippen molar-refractivity contribution in [3.63, 3.8) is 0 Å². The molecular formula is C28H35N3O4. The zero-order chi connectivity index (χ0) is 25.2. The van der Waals surface area contributed by atoms with Crippen LogP contribution in [0.15, 0.2) is 42.5 Å². The van der Waals surface area contributed by atoms with Gasteiger partial charge in [-0.3, -0.25) is 9.69 Å². The van der Waals surface area contributed by atoms with Crippen LogP contribution in [-0.4, -0.2) is 73.7 Å². The van der Waals surface area contributed by atoms with Crippen molar-refractivity contribution in [1.82, 2.24) is 14.8 Å². The average molecular weight is 478 g/mol. The highest BCUT2D eigenvalue weighted by atomic mass is 16.5. The van der Waals surface area contributed by atoms with Crippen molar-refractivity contribution in [2.45, 2.75) is 32.7 Å². The number of hydrogen-bond acceptors (Lipinski definition) is 6. The van der Waals surface area contributed by atoms with E-state index < -0.39 is 0 Å². The van der Waals surface area contributed by atoms with Crippen LogP contribution in [0.1, 0.15) is 37.6 Å². The van der Waals surface area contributed by atoms with Crippen molar-refractivity contribution in [3.8, 4) is 28.5 Å². The van der Waals surface area contributed by atoms with E-state index in [9.17, 15) is 4.79 Å². The number of para-hydroxylation sites is 1. The summed E-state index contributed by atoms with van der Waals surface area (Å²) in [5.74, 6) is 1.64. The maximum atomic E-state index is 13.9. The summed E-state index contributed by atoms with van der Waals surface area (Å²) in [4.78, 5) is 23.2. The second kappa shape index (κ2) is 10.1. The zero-order valence-electron chi connectivity index (χ0n) is 21.6. The molecule has 0 atom stereocenters. The van der Waals surface area contributed by atoms with Gasteiger partial charge >= 0.3 is 0 Å². The second-order valence-corrected chi connectivity index (χ2v) is 9.79. The first kappa shape index (κ1) is 24.8. The van der Waals surface area contributed by atoms with Crippen LogP contribution in [0.2, 0.25) is 0 Å². The Morgan fingerprint density at radius 1 is 0.886 bits per heavy atom. The lowest BCUT2D eigenvalue weighted by Gasteiger charge is -2.34. The number of pyridine rings is 1. The van der Waals surface area contributed by atoms with E-state index in [1.165, 1.54) is 0 Å². The number of methoxy groups -OCH3 is 3. The molecule has 1 aromatic heterocycles. The third-order valence-corrected chi connectivity index (χ3v) is 6.64. The van der Waals surface area contributed by atoms with Crippen molar-refractivity contribution in [3.05, 3.63) is 48.0 Å². The molecule has 1 aliphatic rings. The first-order chi connectivity index (χ1) is 16.8. The van der Waals surface area contributed by atoms with Gasteiger partial charge in [-0.2, -0.15) is 0 Å². The van der Waals surface area contributed by atoms with E-state index in [4.69, 9.17) is 19.2 Å². The van der Waals surface area contributed by atoms with Crippen LogP contribution in [0, 0.1) is 0 Å². The Morgan fingerprint density at radius 3 is 2.20 bits per heavy atom. The number of nitrogens with zero attached hydrogens (tertiary/aromatic N) is 3. The molecule has 1 aliphatic heterocycles. The molecule has 1 saturated heterocycles. The smallest absolute Gasteiger partial charge is 0.254 e. The fourth-order valence-electron chi connectivity index (χ4n) is 4.69. The van der Waals surface area contributed by atoms with Crippen LogP contribution in [-0.2, 0) is 0 Å². The molecule has 35 heavy (non-hydrogen) atoms. The first-order valence-electron chi connectivity index (χ1n) is 12.0. The monoisotopic (exact) mass is 477 g/mol. The molecular weight excluding hydrogens is 442 g/mol. The van der Waals surface area contributed by atoms with Crippen LogP contribution in [0.25, 0.3) is 22.2 Å². The Kier molecular flexibility index (Phi) is 7.17. The highest BCUT2D eigenvalue weighted by Gasteiger charge is 2.27. The number of hydrogen-bond donors (Lipinski definition) is 0. The summed E-state index contributed by atoms with van der Waals surface area (Å²) in [6.07, 6.45) is 0.950. The Hall–Kier alpha value is -3.32. The summed E-state index contributed by atoms with van der Waals surface area (Å²) in [5.41, 5.74) is 2.98. The van der Waals surface area contributed by atoms with Gasteiger partial charge in [0.15, 0.2) is 11.5 Å². The van der Waals surface area contributed by atoms with E-state index in [1.54, 1.807) is 21.3 Å². The van der Waals surface area contributed by atoms with Gasteiger partial charge in [-0.1, -0.05) is 18.2 Å². The molecule has 186 valence electrons. The van der Waals surface area contributed by atoms with E-state index in [0.29, 0.717) is 35.1 Å². The number of rotatable bonds is 5. The Labute approximate surface area is 207 Å². The van der Waals surface area contributed by atoms with Crippen LogP contribution in [0.4, 0.5) is 0 Å². The minimum atomic E-state index is 0.0352. The summed E-state index contributed by atoms with van der Waals surface area (Å²) in [5, 5.41) is 0.852. The van der Waals surface area contributed by atoms with Gasteiger partial charge in [0.05, 0.1) is 38.1 Å². The molecule has 3 aromatic rings. The van der Waals surface area contributed by atoms with E-state index in [0.717, 1.165) is 42.5 Å². The average Bonchev–Trinajstić information content (AvgIpc) is 3.13. The lowest BCUT2D eigenvalue weighted by molar-refractivity contribution is 0.0751. The van der Waals surface area contributed by atoms with Crippen molar-refractivity contribution in [2.24, 2.45) is 0 Å². The summed E-state index contributed by atoms with van der Waals surface area (Å²) >= 11 is 0. The van der Waals surface area contributed by atoms with Gasteiger partial charge in [-0.25, -0.2) is 4.98 Å². The summed E-state index contributed by atoms with van der Waals surface area (Å²) in [6, 6.07) is 13.4. The molecule has 0 radical (unpaired) electrons. The first-order valence-corrected chi connectivity index (χ1v) is 12.0. The van der Waals surface area contributed by atoms with E-state index in [2.05, 4.69) is 25.7 Å². The number of carbonyl (C=O) groups is 1. The van der Waals surface area contributed by atoms with Gasteiger partial charge < -0.3 is 19.1 Å². The fraction of sp³-hybridized carbons (Fsp3) is 0.429. The standard InChI is InChI=1S/C28H35N3O4/c1-28(2,3)31-13-9-12-30(14-15-31)27(32)21-18-23(29-22-11-8-7-10-20(21)22)19-16-24(33-4)26(35-6)25(17-19)34-5/h7-8,10-11,16-18H,9,12-15H2,1-6H3. The van der Waals surface area contributed by atoms with Crippen LogP contribution >= 0.6 is 0 Å². The topological polar surface area (TPSA) is 64.1 Å². The van der Waals surface area contributed by atoms with E-state index in [1.807, 2.05) is 47.4 Å². The zero-order valence-corrected chi connectivity index (χ0v) is 21.6. The molecule has 7 heteroatoms. The predicted molar refractivity (Wildman–Crippen MR) is 139 cm³/mol. The van der Waals surface area contributed by atoms with Gasteiger partial charge in [0, 0.05) is 42.7 Å². The molecule has 0 unspecified atom stereocenters. The SMILES string of the molecule is COc1cc(-c2cc(C(=O)N3CCCN(C(C)(C)C)CC3)c3ccccc3n2)cc(OC)c1OC. The molecule has 1 fully saturated rings. The van der Waals surface area contributed by atoms with Gasteiger partial charge in [-0.05, 0) is 51.5 Å². The number of amides is 1. The summed E-state index contributed by atoms with van der Waals surface area (Å²) < 4.78 is 16.5. The van der Waals surface area contributed by atoms with Crippen molar-refractivity contribution >= 4 is 16.8 Å². The molecule has 7 nitrogen and oxygen atoms in total. The predicted octanol–water partition coefficient (Wildman–Crippen LogP) is 4.87. The number of benzene rings is 2. The second-order valence-electron chi connectivity index (χ2n) is 9.79. The van der Waals surface area contributed by atoms with E-state index in [-0.39, 0.29) is 11.4 Å². The molecule has 2 heterocycles. The number of carbonyl (C=O) groups excluding carboxylic acids is 1. The lowest BCUT2D eigenvalue weighted by Crippen LogP contribution is -2.44. The van der Waals surface area contributed by atoms with E-state index >= 15 is 0 Å². The number of aromatic nitrogens is 1. The molecule has 0 spiro atoms. The molecule has 0 N–H and O–H groups in total. The highest BCUT2D eigenvalue weighted by Crippen LogP contribution is 2.41. The van der Waals surface area contributed by atoms with Crippen molar-refractivity contribution in [2.75, 3.05) is 47.5 Å². The maximum absolute atomic E-state index is 13.9. The Bertz CT molecular complexity index is 1190. The minimum Gasteiger partial charge on any atom is -0.493 e. The molecule has 1 amide bonds. The Morgan fingerprint density at radius 2 is 1.57 bits per heavy atom. The third kappa shape index (κ3) is 5.05. The molecule has 0 bridgehead atoms. The van der Waals surface area contributed by atoms with Gasteiger partial charge in [0.2, 0.25) is 5.75 Å². The van der Waals surface area contributed by atoms with Gasteiger partial charge in [-0.15, -0.1) is 0 Å². The lowest BCUT2D eigenvalue weighted by atomic mass is 10.0. The normalized spacial score (nSPS) is 15.1. The molecule has 0 saturated carbocycles. The Balaban J connectivity index is 1.77. The van der Waals surface area contributed by atoms with Crippen LogP contribution < -0.4 is 14.2 Å². The fourth-order valence-corrected chi connectivity index (χ4v) is 4.69. The van der Waals surface area contributed by atoms with Crippen molar-refractivity contribution < 1.29 is 19.0 Å². The third-order valence-electron chi connectivity index (χ3n) is 6.64. The summed E-state index contributed by atoms with van der Waals surface area (Å²) in [7, 11) is 4.75. The minimum absolute atomic E-state index is 0.0352. The van der Waals surface area contributed by atoms with Crippen molar-refractivity contribution in [1.29, 1.82) is 0 Å². The quantitative estimate of drug-likeness (QED) is 0.522. The molecule has 2 aromatic carbocycles. The number of ether oxygens (including phenoxy) is 3. The number of fused-ring (bicyclic) bond motifs is 1. The largest absolute Gasteiger partial charge is 0.493 e.